The van der Waals surface area contributed by atoms with E-state index in [0.717, 1.165) is 11.3 Å². The third-order valence-corrected chi connectivity index (χ3v) is 4.90. The van der Waals surface area contributed by atoms with Crippen molar-refractivity contribution < 1.29 is 0 Å². The normalized spacial score (nSPS) is 25.3. The summed E-state index contributed by atoms with van der Waals surface area (Å²) in [5.74, 6) is 1.13. The van der Waals surface area contributed by atoms with Crippen LogP contribution in [0.4, 0.5) is 0 Å². The predicted octanol–water partition coefficient (Wildman–Crippen LogP) is 2.71. The molecule has 1 aliphatic rings. The van der Waals surface area contributed by atoms with Gasteiger partial charge in [0.1, 0.15) is 5.82 Å². The number of aryl methyl sites for hydroxylation is 1. The van der Waals surface area contributed by atoms with Gasteiger partial charge in [-0.25, -0.2) is 4.98 Å². The molecule has 1 aliphatic heterocycles. The second-order valence-corrected chi connectivity index (χ2v) is 6.46. The minimum Gasteiger partial charge on any atom is -0.330 e. The predicted molar refractivity (Wildman–Crippen MR) is 87.4 cm³/mol. The van der Waals surface area contributed by atoms with Crippen LogP contribution in [0.5, 0.6) is 0 Å². The van der Waals surface area contributed by atoms with Crippen LogP contribution in [0.1, 0.15) is 38.6 Å². The number of likely N-dealkylation sites (tertiary alicyclic amines) is 1. The average Bonchev–Trinajstić information content (AvgIpc) is 2.81. The summed E-state index contributed by atoms with van der Waals surface area (Å²) < 4.78 is 2.21. The third-order valence-electron chi connectivity index (χ3n) is 4.90. The Kier molecular flexibility index (Phi) is 4.00. The first kappa shape index (κ1) is 14.5. The monoisotopic (exact) mass is 286 g/mol. The van der Waals surface area contributed by atoms with Crippen LogP contribution in [0.2, 0.25) is 0 Å². The quantitative estimate of drug-likeness (QED) is 0.942. The number of hydrogen-bond acceptors (Lipinski definition) is 3. The highest BCUT2D eigenvalue weighted by molar-refractivity contribution is 5.75. The highest BCUT2D eigenvalue weighted by atomic mass is 15.2. The standard InChI is InChI=1S/C17H26N4/c1-12-11-14(9-10-20(12)3)18-13(2)17-19-15-7-5-6-8-16(15)21(17)4/h5-8,12-14,18H,9-11H2,1-4H3. The van der Waals surface area contributed by atoms with Crippen molar-refractivity contribution in [3.63, 3.8) is 0 Å². The van der Waals surface area contributed by atoms with Gasteiger partial charge in [0, 0.05) is 19.1 Å². The van der Waals surface area contributed by atoms with Crippen LogP contribution in [0.15, 0.2) is 24.3 Å². The Bertz CT molecular complexity index is 618. The van der Waals surface area contributed by atoms with Crippen LogP contribution in [0.25, 0.3) is 11.0 Å². The van der Waals surface area contributed by atoms with Crippen molar-refractivity contribution in [1.29, 1.82) is 0 Å². The maximum Gasteiger partial charge on any atom is 0.126 e. The lowest BCUT2D eigenvalue weighted by molar-refractivity contribution is 0.162. The Morgan fingerprint density at radius 2 is 2.05 bits per heavy atom. The second kappa shape index (κ2) is 5.78. The molecule has 0 spiro atoms. The number of para-hydroxylation sites is 2. The van der Waals surface area contributed by atoms with E-state index in [-0.39, 0.29) is 6.04 Å². The van der Waals surface area contributed by atoms with Gasteiger partial charge in [-0.1, -0.05) is 12.1 Å². The molecule has 1 aromatic carbocycles. The van der Waals surface area contributed by atoms with E-state index in [4.69, 9.17) is 4.98 Å². The zero-order chi connectivity index (χ0) is 15.0. The average molecular weight is 286 g/mol. The van der Waals surface area contributed by atoms with Crippen molar-refractivity contribution in [2.45, 2.75) is 44.8 Å². The van der Waals surface area contributed by atoms with Gasteiger partial charge in [0.25, 0.3) is 0 Å². The molecule has 21 heavy (non-hydrogen) atoms. The Hall–Kier alpha value is -1.39. The molecule has 0 bridgehead atoms. The fraction of sp³-hybridized carbons (Fsp3) is 0.588. The van der Waals surface area contributed by atoms with Crippen LogP contribution in [0, 0.1) is 0 Å². The van der Waals surface area contributed by atoms with E-state index in [0.29, 0.717) is 12.1 Å². The van der Waals surface area contributed by atoms with Crippen molar-refractivity contribution in [2.75, 3.05) is 13.6 Å². The Morgan fingerprint density at radius 3 is 2.76 bits per heavy atom. The summed E-state index contributed by atoms with van der Waals surface area (Å²) in [6, 6.07) is 9.87. The van der Waals surface area contributed by atoms with Crippen molar-refractivity contribution >= 4 is 11.0 Å². The highest BCUT2D eigenvalue weighted by Crippen LogP contribution is 2.22. The Balaban J connectivity index is 1.75. The number of hydrogen-bond donors (Lipinski definition) is 1. The molecule has 1 aromatic heterocycles. The number of aromatic nitrogens is 2. The van der Waals surface area contributed by atoms with Gasteiger partial charge in [0.15, 0.2) is 0 Å². The van der Waals surface area contributed by atoms with Gasteiger partial charge >= 0.3 is 0 Å². The summed E-state index contributed by atoms with van der Waals surface area (Å²) in [4.78, 5) is 7.24. The second-order valence-electron chi connectivity index (χ2n) is 6.46. The van der Waals surface area contributed by atoms with Gasteiger partial charge in [-0.15, -0.1) is 0 Å². The molecular weight excluding hydrogens is 260 g/mol. The first-order valence-corrected chi connectivity index (χ1v) is 7.94. The SMILES string of the molecule is CC(NC1CCN(C)C(C)C1)c1nc2ccccc2n1C. The number of benzene rings is 1. The van der Waals surface area contributed by atoms with Crippen LogP contribution < -0.4 is 5.32 Å². The molecule has 114 valence electrons. The molecule has 0 aliphatic carbocycles. The van der Waals surface area contributed by atoms with Crippen LogP contribution in [-0.2, 0) is 7.05 Å². The fourth-order valence-corrected chi connectivity index (χ4v) is 3.42. The van der Waals surface area contributed by atoms with Gasteiger partial charge < -0.3 is 14.8 Å². The molecule has 3 unspecified atom stereocenters. The summed E-state index contributed by atoms with van der Waals surface area (Å²) in [6.45, 7) is 5.71. The van der Waals surface area contributed by atoms with E-state index in [1.54, 1.807) is 0 Å². The number of nitrogens with zero attached hydrogens (tertiary/aromatic N) is 3. The summed E-state index contributed by atoms with van der Waals surface area (Å²) in [6.07, 6.45) is 2.43. The van der Waals surface area contributed by atoms with Crippen LogP contribution in [0.3, 0.4) is 0 Å². The fourth-order valence-electron chi connectivity index (χ4n) is 3.42. The Morgan fingerprint density at radius 1 is 1.29 bits per heavy atom. The molecule has 1 fully saturated rings. The van der Waals surface area contributed by atoms with Gasteiger partial charge in [-0.3, -0.25) is 0 Å². The summed E-state index contributed by atoms with van der Waals surface area (Å²) in [5.41, 5.74) is 2.29. The van der Waals surface area contributed by atoms with E-state index < -0.39 is 0 Å². The lowest BCUT2D eigenvalue weighted by Gasteiger charge is -2.36. The van der Waals surface area contributed by atoms with Gasteiger partial charge in [0.2, 0.25) is 0 Å². The topological polar surface area (TPSA) is 33.1 Å². The maximum atomic E-state index is 4.80. The van der Waals surface area contributed by atoms with Crippen molar-refractivity contribution in [3.05, 3.63) is 30.1 Å². The smallest absolute Gasteiger partial charge is 0.126 e. The number of piperidine rings is 1. The molecule has 4 nitrogen and oxygen atoms in total. The lowest BCUT2D eigenvalue weighted by atomic mass is 9.98. The molecule has 3 rings (SSSR count). The molecular formula is C17H26N4. The minimum atomic E-state index is 0.281. The third kappa shape index (κ3) is 2.83. The van der Waals surface area contributed by atoms with E-state index >= 15 is 0 Å². The lowest BCUT2D eigenvalue weighted by Crippen LogP contribution is -2.46. The van der Waals surface area contributed by atoms with E-state index in [1.165, 1.54) is 24.9 Å². The minimum absolute atomic E-state index is 0.281. The largest absolute Gasteiger partial charge is 0.330 e. The molecule has 2 aromatic rings. The number of rotatable bonds is 3. The summed E-state index contributed by atoms with van der Waals surface area (Å²) >= 11 is 0. The highest BCUT2D eigenvalue weighted by Gasteiger charge is 2.25. The zero-order valence-electron chi connectivity index (χ0n) is 13.5. The van der Waals surface area contributed by atoms with Crippen molar-refractivity contribution in [2.24, 2.45) is 7.05 Å². The molecule has 0 radical (unpaired) electrons. The van der Waals surface area contributed by atoms with Gasteiger partial charge in [0.05, 0.1) is 17.1 Å². The van der Waals surface area contributed by atoms with Crippen molar-refractivity contribution in [1.82, 2.24) is 19.8 Å². The first-order chi connectivity index (χ1) is 10.1. The molecule has 3 atom stereocenters. The number of fused-ring (bicyclic) bond motifs is 1. The van der Waals surface area contributed by atoms with Crippen LogP contribution in [-0.4, -0.2) is 40.1 Å². The maximum absolute atomic E-state index is 4.80. The summed E-state index contributed by atoms with van der Waals surface area (Å²) in [7, 11) is 4.33. The number of imidazole rings is 1. The molecule has 2 heterocycles. The van der Waals surface area contributed by atoms with E-state index in [9.17, 15) is 0 Å². The van der Waals surface area contributed by atoms with E-state index in [2.05, 4.69) is 67.0 Å². The molecule has 1 saturated heterocycles. The van der Waals surface area contributed by atoms with Gasteiger partial charge in [-0.05, 0) is 52.4 Å². The van der Waals surface area contributed by atoms with Gasteiger partial charge in [-0.2, -0.15) is 0 Å². The van der Waals surface area contributed by atoms with Crippen molar-refractivity contribution in [3.8, 4) is 0 Å². The Labute approximate surface area is 127 Å². The first-order valence-electron chi connectivity index (χ1n) is 7.94. The molecule has 1 N–H and O–H groups in total. The van der Waals surface area contributed by atoms with E-state index in [1.807, 2.05) is 0 Å². The molecule has 0 amide bonds. The number of nitrogens with one attached hydrogen (secondary N) is 1. The summed E-state index contributed by atoms with van der Waals surface area (Å²) in [5, 5.41) is 3.78. The zero-order valence-corrected chi connectivity index (χ0v) is 13.5. The van der Waals surface area contributed by atoms with Crippen LogP contribution >= 0.6 is 0 Å². The molecule has 4 heteroatoms. The molecule has 0 saturated carbocycles.